The lowest BCUT2D eigenvalue weighted by atomic mass is 10.1. The molecule has 7 heteroatoms. The van der Waals surface area contributed by atoms with Crippen LogP contribution in [0.15, 0.2) is 176 Å². The summed E-state index contributed by atoms with van der Waals surface area (Å²) in [6.07, 6.45) is 0. The van der Waals surface area contributed by atoms with Crippen LogP contribution >= 0.6 is 22.7 Å². The first kappa shape index (κ1) is 32.0. The molecule has 0 aliphatic carbocycles. The Morgan fingerprint density at radius 1 is 0.362 bits per heavy atom. The van der Waals surface area contributed by atoms with Gasteiger partial charge >= 0.3 is 0 Å². The van der Waals surface area contributed by atoms with Gasteiger partial charge in [-0.3, -0.25) is 4.57 Å². The highest BCUT2D eigenvalue weighted by atomic mass is 32.1. The molecule has 13 aromatic rings. The minimum absolute atomic E-state index is 0.590. The monoisotopic (exact) mass is 775 g/mol. The number of hydrogen-bond acceptors (Lipinski definition) is 5. The van der Waals surface area contributed by atoms with E-state index in [0.717, 1.165) is 38.8 Å². The van der Waals surface area contributed by atoms with Crippen LogP contribution in [0.4, 0.5) is 0 Å². The van der Waals surface area contributed by atoms with Crippen molar-refractivity contribution in [2.45, 2.75) is 0 Å². The first-order valence-electron chi connectivity index (χ1n) is 19.4. The summed E-state index contributed by atoms with van der Waals surface area (Å²) in [7, 11) is 0. The summed E-state index contributed by atoms with van der Waals surface area (Å²) in [4.78, 5) is 16.1. The SMILES string of the molecule is c1ccc(-n2c3ccccc3c3c4c5ccccc5n(-c5nc(-c6ccc7c(c6)sc6ccccc67)nc(-c6cccc7c6sc6ccccc67)n5)c4ccc32)cc1. The second-order valence-electron chi connectivity index (χ2n) is 14.8. The van der Waals surface area contributed by atoms with Crippen LogP contribution in [-0.2, 0) is 0 Å². The van der Waals surface area contributed by atoms with E-state index in [0.29, 0.717) is 17.6 Å². The molecule has 0 saturated carbocycles. The molecule has 0 atom stereocenters. The summed E-state index contributed by atoms with van der Waals surface area (Å²) in [6, 6.07) is 62.9. The molecule has 0 N–H and O–H groups in total. The largest absolute Gasteiger partial charge is 0.309 e. The third-order valence-electron chi connectivity index (χ3n) is 11.6. The molecular weight excluding hydrogens is 747 g/mol. The lowest BCUT2D eigenvalue weighted by Gasteiger charge is -2.12. The highest BCUT2D eigenvalue weighted by molar-refractivity contribution is 7.26. The number of para-hydroxylation sites is 3. The number of fused-ring (bicyclic) bond motifs is 13. The van der Waals surface area contributed by atoms with Gasteiger partial charge in [0, 0.05) is 78.7 Å². The van der Waals surface area contributed by atoms with Gasteiger partial charge in [-0.2, -0.15) is 9.97 Å². The maximum Gasteiger partial charge on any atom is 0.238 e. The summed E-state index contributed by atoms with van der Waals surface area (Å²) in [5.74, 6) is 1.89. The summed E-state index contributed by atoms with van der Waals surface area (Å²) in [6.45, 7) is 0. The van der Waals surface area contributed by atoms with Gasteiger partial charge in [-0.1, -0.05) is 115 Å². The van der Waals surface area contributed by atoms with E-state index in [4.69, 9.17) is 15.0 Å². The van der Waals surface area contributed by atoms with Crippen molar-refractivity contribution in [3.05, 3.63) is 176 Å². The molecule has 0 spiro atoms. The quantitative estimate of drug-likeness (QED) is 0.179. The van der Waals surface area contributed by atoms with Crippen molar-refractivity contribution in [2.24, 2.45) is 0 Å². The molecule has 13 rings (SSSR count). The molecule has 0 aliphatic rings. The molecule has 0 aliphatic heterocycles. The van der Waals surface area contributed by atoms with Crippen molar-refractivity contribution in [3.8, 4) is 34.4 Å². The van der Waals surface area contributed by atoms with Gasteiger partial charge in [-0.05, 0) is 60.7 Å². The molecule has 5 heterocycles. The van der Waals surface area contributed by atoms with Crippen molar-refractivity contribution in [2.75, 3.05) is 0 Å². The number of hydrogen-bond donors (Lipinski definition) is 0. The lowest BCUT2D eigenvalue weighted by Crippen LogP contribution is -2.06. The van der Waals surface area contributed by atoms with E-state index in [1.807, 2.05) is 0 Å². The van der Waals surface area contributed by atoms with Crippen LogP contribution in [0.5, 0.6) is 0 Å². The molecule has 0 radical (unpaired) electrons. The second-order valence-corrected chi connectivity index (χ2v) is 16.9. The number of nitrogens with zero attached hydrogens (tertiary/aromatic N) is 5. The van der Waals surface area contributed by atoms with E-state index in [-0.39, 0.29) is 0 Å². The van der Waals surface area contributed by atoms with Gasteiger partial charge in [-0.15, -0.1) is 22.7 Å². The van der Waals surface area contributed by atoms with Crippen LogP contribution < -0.4 is 0 Å². The first-order chi connectivity index (χ1) is 28.8. The van der Waals surface area contributed by atoms with Crippen LogP contribution in [0.3, 0.4) is 0 Å². The third kappa shape index (κ3) is 4.54. The van der Waals surface area contributed by atoms with Crippen molar-refractivity contribution in [3.63, 3.8) is 0 Å². The molecule has 0 amide bonds. The summed E-state index contributed by atoms with van der Waals surface area (Å²) >= 11 is 3.60. The summed E-state index contributed by atoms with van der Waals surface area (Å²) < 4.78 is 9.53. The van der Waals surface area contributed by atoms with Gasteiger partial charge < -0.3 is 4.57 Å². The van der Waals surface area contributed by atoms with Crippen LogP contribution in [0.2, 0.25) is 0 Å². The Hall–Kier alpha value is -7.19. The second kappa shape index (κ2) is 12.2. The number of rotatable bonds is 4. The zero-order valence-electron chi connectivity index (χ0n) is 30.8. The molecule has 0 fully saturated rings. The Balaban J connectivity index is 1.13. The average molecular weight is 776 g/mol. The molecule has 8 aromatic carbocycles. The lowest BCUT2D eigenvalue weighted by molar-refractivity contribution is 0.955. The van der Waals surface area contributed by atoms with E-state index in [1.165, 1.54) is 62.0 Å². The molecule has 0 bridgehead atoms. The predicted octanol–water partition coefficient (Wildman–Crippen LogP) is 14.1. The van der Waals surface area contributed by atoms with Gasteiger partial charge in [0.1, 0.15) is 0 Å². The predicted molar refractivity (Wildman–Crippen MR) is 245 cm³/mol. The molecular formula is C51H29N5S2. The zero-order chi connectivity index (χ0) is 37.9. The van der Waals surface area contributed by atoms with E-state index >= 15 is 0 Å². The average Bonchev–Trinajstić information content (AvgIpc) is 4.04. The van der Waals surface area contributed by atoms with Gasteiger partial charge in [-0.25, -0.2) is 4.98 Å². The minimum Gasteiger partial charge on any atom is -0.309 e. The standard InChI is InChI=1S/C51H29N5S2/c1-2-13-31(14-3-1)55-39-21-8-4-17-36(39)46-41(55)27-28-42-47(46)37-18-5-9-22-40(37)56(42)51-53-49(30-25-26-34-32-15-6-10-23-43(32)57-45(34)29-30)52-50(54-51)38-20-12-19-35-33-16-7-11-24-44(33)58-48(35)38/h1-29H. The van der Waals surface area contributed by atoms with Gasteiger partial charge in [0.15, 0.2) is 11.6 Å². The molecule has 5 nitrogen and oxygen atoms in total. The maximum absolute atomic E-state index is 5.43. The smallest absolute Gasteiger partial charge is 0.238 e. The molecule has 58 heavy (non-hydrogen) atoms. The van der Waals surface area contributed by atoms with Crippen molar-refractivity contribution in [1.82, 2.24) is 24.1 Å². The van der Waals surface area contributed by atoms with Gasteiger partial charge in [0.05, 0.1) is 22.1 Å². The van der Waals surface area contributed by atoms with Gasteiger partial charge in [0.25, 0.3) is 0 Å². The first-order valence-corrected chi connectivity index (χ1v) is 21.0. The summed E-state index contributed by atoms with van der Waals surface area (Å²) in [5, 5.41) is 9.73. The number of benzene rings is 8. The molecule has 0 unspecified atom stereocenters. The zero-order valence-corrected chi connectivity index (χ0v) is 32.4. The van der Waals surface area contributed by atoms with Crippen LogP contribution in [-0.4, -0.2) is 24.1 Å². The Kier molecular flexibility index (Phi) is 6.70. The fourth-order valence-electron chi connectivity index (χ4n) is 9.09. The fraction of sp³-hybridized carbons (Fsp3) is 0. The molecule has 270 valence electrons. The maximum atomic E-state index is 5.43. The fourth-order valence-corrected chi connectivity index (χ4v) is 11.4. The highest BCUT2D eigenvalue weighted by Gasteiger charge is 2.23. The highest BCUT2D eigenvalue weighted by Crippen LogP contribution is 2.44. The van der Waals surface area contributed by atoms with Crippen molar-refractivity contribution in [1.29, 1.82) is 0 Å². The van der Waals surface area contributed by atoms with Crippen LogP contribution in [0.25, 0.3) is 118 Å². The normalized spacial score (nSPS) is 12.1. The summed E-state index contributed by atoms with van der Waals surface area (Å²) in [5.41, 5.74) is 7.52. The third-order valence-corrected chi connectivity index (χ3v) is 13.9. The van der Waals surface area contributed by atoms with E-state index in [9.17, 15) is 0 Å². The van der Waals surface area contributed by atoms with Gasteiger partial charge in [0.2, 0.25) is 5.95 Å². The van der Waals surface area contributed by atoms with Crippen LogP contribution in [0, 0.1) is 0 Å². The Bertz CT molecular complexity index is 3810. The van der Waals surface area contributed by atoms with E-state index < -0.39 is 0 Å². The van der Waals surface area contributed by atoms with Crippen LogP contribution in [0.1, 0.15) is 0 Å². The molecule has 0 saturated heterocycles. The molecule has 5 aromatic heterocycles. The van der Waals surface area contributed by atoms with Crippen molar-refractivity contribution >= 4 is 107 Å². The van der Waals surface area contributed by atoms with Crippen molar-refractivity contribution < 1.29 is 0 Å². The number of aromatic nitrogens is 5. The van der Waals surface area contributed by atoms with E-state index in [1.54, 1.807) is 22.7 Å². The Morgan fingerprint density at radius 2 is 0.931 bits per heavy atom. The number of thiophene rings is 2. The topological polar surface area (TPSA) is 48.5 Å². The minimum atomic E-state index is 0.590. The van der Waals surface area contributed by atoms with E-state index in [2.05, 4.69) is 185 Å². The Labute approximate surface area is 339 Å². The Morgan fingerprint density at radius 3 is 1.69 bits per heavy atom.